The second-order valence-corrected chi connectivity index (χ2v) is 8.33. The number of carbonyl (C=O) groups excluding carboxylic acids is 1. The topological polar surface area (TPSA) is 70.6 Å². The zero-order valence-electron chi connectivity index (χ0n) is 18.2. The smallest absolute Gasteiger partial charge is 0.226 e. The average Bonchev–Trinajstić information content (AvgIpc) is 2.78. The van der Waals surface area contributed by atoms with Crippen molar-refractivity contribution in [3.05, 3.63) is 47.2 Å². The number of nitrogens with zero attached hydrogens (tertiary/aromatic N) is 4. The van der Waals surface area contributed by atoms with Gasteiger partial charge in [-0.15, -0.1) is 0 Å². The highest BCUT2D eigenvalue weighted by Crippen LogP contribution is 2.29. The molecule has 1 amide bonds. The van der Waals surface area contributed by atoms with Gasteiger partial charge in [0.2, 0.25) is 5.91 Å². The van der Waals surface area contributed by atoms with Gasteiger partial charge in [-0.25, -0.2) is 14.4 Å². The summed E-state index contributed by atoms with van der Waals surface area (Å²) in [6, 6.07) is 5.98. The lowest BCUT2D eigenvalue weighted by molar-refractivity contribution is -0.133. The standard InChI is InChI=1S/C23H30FN5O2/c1-25-23-19-8-11-28(2)15-20(19)26-22(27-23)16-5-4-10-29(14-16)21(30)9-12-31-18-7-3-6-17(24)13-18/h3,6-7,13,16H,4-5,8-12,14-15H2,1-2H3,(H,25,26,27). The first-order chi connectivity index (χ1) is 15.0. The Bertz CT molecular complexity index is 938. The van der Waals surface area contributed by atoms with Gasteiger partial charge in [0.25, 0.3) is 0 Å². The van der Waals surface area contributed by atoms with Crippen molar-refractivity contribution in [1.82, 2.24) is 19.8 Å². The van der Waals surface area contributed by atoms with Crippen molar-refractivity contribution < 1.29 is 13.9 Å². The largest absolute Gasteiger partial charge is 0.493 e. The van der Waals surface area contributed by atoms with Crippen LogP contribution < -0.4 is 10.1 Å². The molecule has 7 nitrogen and oxygen atoms in total. The van der Waals surface area contributed by atoms with Gasteiger partial charge in [-0.1, -0.05) is 6.07 Å². The first kappa shape index (κ1) is 21.5. The third kappa shape index (κ3) is 5.12. The van der Waals surface area contributed by atoms with E-state index in [0.717, 1.165) is 56.2 Å². The molecule has 0 aliphatic carbocycles. The summed E-state index contributed by atoms with van der Waals surface area (Å²) >= 11 is 0. The number of fused-ring (bicyclic) bond motifs is 1. The Morgan fingerprint density at radius 3 is 3.00 bits per heavy atom. The van der Waals surface area contributed by atoms with Crippen molar-refractivity contribution >= 4 is 11.7 Å². The van der Waals surface area contributed by atoms with Crippen molar-refractivity contribution in [3.63, 3.8) is 0 Å². The van der Waals surface area contributed by atoms with Crippen molar-refractivity contribution in [1.29, 1.82) is 0 Å². The van der Waals surface area contributed by atoms with Crippen LogP contribution in [0.4, 0.5) is 10.2 Å². The zero-order valence-corrected chi connectivity index (χ0v) is 18.2. The fraction of sp³-hybridized carbons (Fsp3) is 0.522. The van der Waals surface area contributed by atoms with Gasteiger partial charge in [0, 0.05) is 50.8 Å². The van der Waals surface area contributed by atoms with Gasteiger partial charge in [0.05, 0.1) is 18.7 Å². The number of nitrogens with one attached hydrogen (secondary N) is 1. The van der Waals surface area contributed by atoms with Crippen molar-refractivity contribution in [2.45, 2.75) is 38.1 Å². The van der Waals surface area contributed by atoms with Crippen LogP contribution in [0.2, 0.25) is 0 Å². The lowest BCUT2D eigenvalue weighted by Crippen LogP contribution is -2.40. The van der Waals surface area contributed by atoms with Gasteiger partial charge in [0.1, 0.15) is 23.2 Å². The molecule has 166 valence electrons. The summed E-state index contributed by atoms with van der Waals surface area (Å²) in [5.74, 6) is 2.02. The molecule has 2 aliphatic heterocycles. The van der Waals surface area contributed by atoms with Gasteiger partial charge in [0.15, 0.2) is 0 Å². The predicted octanol–water partition coefficient (Wildman–Crippen LogP) is 2.82. The minimum absolute atomic E-state index is 0.0487. The number of likely N-dealkylation sites (tertiary alicyclic amines) is 1. The van der Waals surface area contributed by atoms with Crippen LogP contribution in [0.3, 0.4) is 0 Å². The van der Waals surface area contributed by atoms with E-state index in [1.54, 1.807) is 12.1 Å². The average molecular weight is 428 g/mol. The molecule has 2 aliphatic rings. The molecule has 1 atom stereocenters. The molecule has 8 heteroatoms. The SMILES string of the molecule is CNc1nc(C2CCCN(C(=O)CCOc3cccc(F)c3)C2)nc2c1CCN(C)C2. The monoisotopic (exact) mass is 427 g/mol. The summed E-state index contributed by atoms with van der Waals surface area (Å²) < 4.78 is 18.8. The van der Waals surface area contributed by atoms with Gasteiger partial charge < -0.3 is 19.9 Å². The minimum Gasteiger partial charge on any atom is -0.493 e. The van der Waals surface area contributed by atoms with Crippen molar-refractivity contribution in [2.24, 2.45) is 0 Å². The first-order valence-electron chi connectivity index (χ1n) is 11.0. The molecule has 3 heterocycles. The highest BCUT2D eigenvalue weighted by Gasteiger charge is 2.29. The first-order valence-corrected chi connectivity index (χ1v) is 11.0. The third-order valence-electron chi connectivity index (χ3n) is 6.03. The van der Waals surface area contributed by atoms with Crippen LogP contribution in [0.15, 0.2) is 24.3 Å². The minimum atomic E-state index is -0.347. The summed E-state index contributed by atoms with van der Waals surface area (Å²) in [6.07, 6.45) is 3.11. The molecule has 0 bridgehead atoms. The normalized spacial score (nSPS) is 19.1. The molecule has 1 unspecified atom stereocenters. The number of piperidine rings is 1. The third-order valence-corrected chi connectivity index (χ3v) is 6.03. The van der Waals surface area contributed by atoms with E-state index in [-0.39, 0.29) is 30.7 Å². The number of halogens is 1. The number of anilines is 1. The zero-order chi connectivity index (χ0) is 21.8. The maximum absolute atomic E-state index is 13.3. The van der Waals surface area contributed by atoms with Crippen molar-refractivity contribution in [3.8, 4) is 5.75 Å². The van der Waals surface area contributed by atoms with Crippen LogP contribution in [0.1, 0.15) is 42.3 Å². The molecule has 0 radical (unpaired) electrons. The quantitative estimate of drug-likeness (QED) is 0.765. The molecule has 1 saturated heterocycles. The van der Waals surface area contributed by atoms with E-state index in [0.29, 0.717) is 12.3 Å². The molecular weight excluding hydrogens is 397 g/mol. The van der Waals surface area contributed by atoms with Gasteiger partial charge in [-0.05, 0) is 38.4 Å². The number of ether oxygens (including phenoxy) is 1. The summed E-state index contributed by atoms with van der Waals surface area (Å²) in [5, 5.41) is 3.24. The van der Waals surface area contributed by atoms with Crippen LogP contribution in [0, 0.1) is 5.82 Å². The van der Waals surface area contributed by atoms with Gasteiger partial charge >= 0.3 is 0 Å². The number of hydrogen-bond donors (Lipinski definition) is 1. The molecule has 1 N–H and O–H groups in total. The number of amides is 1. The molecule has 0 saturated carbocycles. The molecule has 1 aromatic carbocycles. The summed E-state index contributed by atoms with van der Waals surface area (Å²) in [7, 11) is 4.01. The second-order valence-electron chi connectivity index (χ2n) is 8.33. The van der Waals surface area contributed by atoms with E-state index >= 15 is 0 Å². The molecule has 31 heavy (non-hydrogen) atoms. The highest BCUT2D eigenvalue weighted by molar-refractivity contribution is 5.76. The van der Waals surface area contributed by atoms with Gasteiger partial charge in [-0.2, -0.15) is 0 Å². The number of aromatic nitrogens is 2. The molecule has 1 aromatic heterocycles. The van der Waals surface area contributed by atoms with E-state index in [2.05, 4.69) is 17.3 Å². The van der Waals surface area contributed by atoms with E-state index in [1.165, 1.54) is 17.7 Å². The molecule has 1 fully saturated rings. The number of benzene rings is 1. The molecular formula is C23H30FN5O2. The van der Waals surface area contributed by atoms with E-state index < -0.39 is 0 Å². The maximum atomic E-state index is 13.3. The number of rotatable bonds is 6. The molecule has 4 rings (SSSR count). The van der Waals surface area contributed by atoms with Crippen molar-refractivity contribution in [2.75, 3.05) is 45.7 Å². The van der Waals surface area contributed by atoms with Crippen LogP contribution in [-0.4, -0.2) is 66.0 Å². The summed E-state index contributed by atoms with van der Waals surface area (Å²) in [4.78, 5) is 26.6. The summed E-state index contributed by atoms with van der Waals surface area (Å²) in [6.45, 7) is 3.42. The number of hydrogen-bond acceptors (Lipinski definition) is 6. The van der Waals surface area contributed by atoms with Crippen LogP contribution in [0.25, 0.3) is 0 Å². The number of carbonyl (C=O) groups is 1. The van der Waals surface area contributed by atoms with Gasteiger partial charge in [-0.3, -0.25) is 4.79 Å². The highest BCUT2D eigenvalue weighted by atomic mass is 19.1. The molecule has 2 aromatic rings. The maximum Gasteiger partial charge on any atom is 0.226 e. The number of likely N-dealkylation sites (N-methyl/N-ethyl adjacent to an activating group) is 1. The Morgan fingerprint density at radius 1 is 1.32 bits per heavy atom. The second kappa shape index (κ2) is 9.60. The Kier molecular flexibility index (Phi) is 6.65. The van der Waals surface area contributed by atoms with E-state index in [9.17, 15) is 9.18 Å². The van der Waals surface area contributed by atoms with E-state index in [4.69, 9.17) is 14.7 Å². The Hall–Kier alpha value is -2.74. The van der Waals surface area contributed by atoms with Crippen LogP contribution in [-0.2, 0) is 17.8 Å². The van der Waals surface area contributed by atoms with E-state index in [1.807, 2.05) is 11.9 Å². The Labute approximate surface area is 182 Å². The fourth-order valence-electron chi connectivity index (χ4n) is 4.36. The van der Waals surface area contributed by atoms with Crippen LogP contribution in [0.5, 0.6) is 5.75 Å². The Morgan fingerprint density at radius 2 is 2.19 bits per heavy atom. The predicted molar refractivity (Wildman–Crippen MR) is 117 cm³/mol. The fourth-order valence-corrected chi connectivity index (χ4v) is 4.36. The Balaban J connectivity index is 1.39. The lowest BCUT2D eigenvalue weighted by atomic mass is 9.96. The molecule has 0 spiro atoms. The lowest BCUT2D eigenvalue weighted by Gasteiger charge is -2.33. The van der Waals surface area contributed by atoms with Crippen LogP contribution >= 0.6 is 0 Å². The summed E-state index contributed by atoms with van der Waals surface area (Å²) in [5.41, 5.74) is 2.30.